The molecule has 0 fully saturated rings. The van der Waals surface area contributed by atoms with E-state index in [1.807, 2.05) is 12.1 Å². The number of benzene rings is 1. The van der Waals surface area contributed by atoms with Gasteiger partial charge in [-0.15, -0.1) is 11.3 Å². The van der Waals surface area contributed by atoms with Crippen molar-refractivity contribution in [3.63, 3.8) is 0 Å². The van der Waals surface area contributed by atoms with Crippen molar-refractivity contribution < 1.29 is 4.74 Å². The molecular formula is C11H9Cl2NOS. The Bertz CT molecular complexity index is 498. The number of hydrogen-bond donors (Lipinski definition) is 1. The third-order valence-electron chi connectivity index (χ3n) is 1.97. The second-order valence-electron chi connectivity index (χ2n) is 3.18. The van der Waals surface area contributed by atoms with Crippen LogP contribution in [0.5, 0.6) is 5.75 Å². The topological polar surface area (TPSA) is 35.2 Å². The lowest BCUT2D eigenvalue weighted by Gasteiger charge is -2.07. The van der Waals surface area contributed by atoms with E-state index in [-0.39, 0.29) is 0 Å². The number of nitrogen functional groups attached to an aromatic ring is 1. The van der Waals surface area contributed by atoms with Gasteiger partial charge < -0.3 is 10.5 Å². The summed E-state index contributed by atoms with van der Waals surface area (Å²) in [5, 5.41) is 0.601. The van der Waals surface area contributed by atoms with Crippen LogP contribution in [0.15, 0.2) is 30.3 Å². The highest BCUT2D eigenvalue weighted by atomic mass is 35.5. The first kappa shape index (κ1) is 11.6. The number of nitrogens with two attached hydrogens (primary N) is 1. The van der Waals surface area contributed by atoms with Crippen LogP contribution in [0, 0.1) is 0 Å². The van der Waals surface area contributed by atoms with Gasteiger partial charge in [0.1, 0.15) is 12.4 Å². The Hall–Kier alpha value is -0.900. The number of hydrogen-bond acceptors (Lipinski definition) is 3. The summed E-state index contributed by atoms with van der Waals surface area (Å²) in [5.41, 5.74) is 6.30. The van der Waals surface area contributed by atoms with Gasteiger partial charge in [0.2, 0.25) is 0 Å². The van der Waals surface area contributed by atoms with E-state index >= 15 is 0 Å². The quantitative estimate of drug-likeness (QED) is 0.850. The molecule has 84 valence electrons. The lowest BCUT2D eigenvalue weighted by molar-refractivity contribution is 0.311. The van der Waals surface area contributed by atoms with Crippen LogP contribution in [0.3, 0.4) is 0 Å². The standard InChI is InChI=1S/C11H9Cl2NOS/c12-7-1-3-10(9(14)5-7)15-6-8-2-4-11(13)16-8/h1-5H,6,14H2. The van der Waals surface area contributed by atoms with Gasteiger partial charge in [0.25, 0.3) is 0 Å². The minimum atomic E-state index is 0.462. The van der Waals surface area contributed by atoms with Gasteiger partial charge in [0, 0.05) is 9.90 Å². The van der Waals surface area contributed by atoms with Gasteiger partial charge in [0.05, 0.1) is 10.0 Å². The summed E-state index contributed by atoms with van der Waals surface area (Å²) in [7, 11) is 0. The van der Waals surface area contributed by atoms with Crippen molar-refractivity contribution in [2.24, 2.45) is 0 Å². The van der Waals surface area contributed by atoms with Crippen LogP contribution in [-0.2, 0) is 6.61 Å². The van der Waals surface area contributed by atoms with E-state index in [1.54, 1.807) is 18.2 Å². The SMILES string of the molecule is Nc1cc(Cl)ccc1OCc1ccc(Cl)s1. The summed E-state index contributed by atoms with van der Waals surface area (Å²) in [6, 6.07) is 8.94. The van der Waals surface area contributed by atoms with Crippen molar-refractivity contribution in [2.45, 2.75) is 6.61 Å². The van der Waals surface area contributed by atoms with E-state index < -0.39 is 0 Å². The predicted octanol–water partition coefficient (Wildman–Crippen LogP) is 4.22. The Kier molecular flexibility index (Phi) is 3.59. The summed E-state index contributed by atoms with van der Waals surface area (Å²) < 4.78 is 6.31. The van der Waals surface area contributed by atoms with Crippen molar-refractivity contribution in [3.05, 3.63) is 44.6 Å². The molecule has 2 aromatic rings. The third-order valence-corrected chi connectivity index (χ3v) is 3.41. The lowest BCUT2D eigenvalue weighted by atomic mass is 10.3. The van der Waals surface area contributed by atoms with Crippen LogP contribution in [-0.4, -0.2) is 0 Å². The molecule has 0 saturated carbocycles. The Balaban J connectivity index is 2.04. The molecule has 1 aromatic carbocycles. The van der Waals surface area contributed by atoms with E-state index in [0.29, 0.717) is 23.1 Å². The zero-order chi connectivity index (χ0) is 11.5. The number of halogens is 2. The fourth-order valence-electron chi connectivity index (χ4n) is 1.23. The average molecular weight is 274 g/mol. The molecule has 1 heterocycles. The molecule has 16 heavy (non-hydrogen) atoms. The largest absolute Gasteiger partial charge is 0.486 e. The molecule has 2 nitrogen and oxygen atoms in total. The van der Waals surface area contributed by atoms with E-state index in [4.69, 9.17) is 33.7 Å². The zero-order valence-electron chi connectivity index (χ0n) is 8.24. The Morgan fingerprint density at radius 2 is 2.00 bits per heavy atom. The molecule has 0 atom stereocenters. The summed E-state index contributed by atoms with van der Waals surface area (Å²) >= 11 is 13.1. The Labute approximate surface area is 108 Å². The van der Waals surface area contributed by atoms with E-state index in [0.717, 1.165) is 9.21 Å². The highest BCUT2D eigenvalue weighted by Crippen LogP contribution is 2.27. The van der Waals surface area contributed by atoms with Crippen molar-refractivity contribution >= 4 is 40.2 Å². The van der Waals surface area contributed by atoms with Crippen molar-refractivity contribution in [1.29, 1.82) is 0 Å². The summed E-state index contributed by atoms with van der Waals surface area (Å²) in [6.07, 6.45) is 0. The molecule has 5 heteroatoms. The first-order valence-electron chi connectivity index (χ1n) is 4.57. The molecule has 1 aromatic heterocycles. The van der Waals surface area contributed by atoms with Gasteiger partial charge in [-0.1, -0.05) is 23.2 Å². The fraction of sp³-hybridized carbons (Fsp3) is 0.0909. The van der Waals surface area contributed by atoms with Crippen LogP contribution in [0.2, 0.25) is 9.36 Å². The second kappa shape index (κ2) is 4.95. The maximum absolute atomic E-state index is 5.82. The molecule has 0 saturated heterocycles. The first-order chi connectivity index (χ1) is 7.65. The van der Waals surface area contributed by atoms with Crippen LogP contribution in [0.25, 0.3) is 0 Å². The van der Waals surface area contributed by atoms with E-state index in [2.05, 4.69) is 0 Å². The molecular weight excluding hydrogens is 265 g/mol. The van der Waals surface area contributed by atoms with E-state index in [1.165, 1.54) is 11.3 Å². The van der Waals surface area contributed by atoms with Crippen LogP contribution in [0.4, 0.5) is 5.69 Å². The maximum atomic E-state index is 5.82. The Morgan fingerprint density at radius 1 is 1.19 bits per heavy atom. The molecule has 0 aliphatic carbocycles. The summed E-state index contributed by atoms with van der Waals surface area (Å²) in [6.45, 7) is 0.462. The van der Waals surface area contributed by atoms with Gasteiger partial charge in [-0.2, -0.15) is 0 Å². The van der Waals surface area contributed by atoms with E-state index in [9.17, 15) is 0 Å². The van der Waals surface area contributed by atoms with Crippen LogP contribution >= 0.6 is 34.5 Å². The van der Waals surface area contributed by atoms with Gasteiger partial charge >= 0.3 is 0 Å². The molecule has 2 rings (SSSR count). The zero-order valence-corrected chi connectivity index (χ0v) is 10.6. The van der Waals surface area contributed by atoms with Crippen molar-refractivity contribution in [1.82, 2.24) is 0 Å². The molecule has 0 unspecified atom stereocenters. The average Bonchev–Trinajstić information content (AvgIpc) is 2.63. The second-order valence-corrected chi connectivity index (χ2v) is 5.41. The number of ether oxygens (including phenoxy) is 1. The normalized spacial score (nSPS) is 10.4. The van der Waals surface area contributed by atoms with Crippen molar-refractivity contribution in [2.75, 3.05) is 5.73 Å². The van der Waals surface area contributed by atoms with Gasteiger partial charge in [0.15, 0.2) is 0 Å². The highest BCUT2D eigenvalue weighted by Gasteiger charge is 2.03. The van der Waals surface area contributed by atoms with Crippen LogP contribution < -0.4 is 10.5 Å². The maximum Gasteiger partial charge on any atom is 0.142 e. The highest BCUT2D eigenvalue weighted by molar-refractivity contribution is 7.16. The monoisotopic (exact) mass is 273 g/mol. The minimum Gasteiger partial charge on any atom is -0.486 e. The molecule has 0 spiro atoms. The van der Waals surface area contributed by atoms with Gasteiger partial charge in [-0.05, 0) is 30.3 Å². The van der Waals surface area contributed by atoms with Gasteiger partial charge in [-0.3, -0.25) is 0 Å². The first-order valence-corrected chi connectivity index (χ1v) is 6.14. The number of rotatable bonds is 3. The number of thiophene rings is 1. The molecule has 0 bridgehead atoms. The minimum absolute atomic E-state index is 0.462. The Morgan fingerprint density at radius 3 is 2.62 bits per heavy atom. The van der Waals surface area contributed by atoms with Crippen LogP contribution in [0.1, 0.15) is 4.88 Å². The fourth-order valence-corrected chi connectivity index (χ4v) is 2.41. The molecule has 0 amide bonds. The number of anilines is 1. The summed E-state index contributed by atoms with van der Waals surface area (Å²) in [5.74, 6) is 0.633. The molecule has 0 radical (unpaired) electrons. The molecule has 0 aliphatic heterocycles. The molecule has 0 aliphatic rings. The molecule has 2 N–H and O–H groups in total. The lowest BCUT2D eigenvalue weighted by Crippen LogP contribution is -1.96. The smallest absolute Gasteiger partial charge is 0.142 e. The van der Waals surface area contributed by atoms with Crippen molar-refractivity contribution in [3.8, 4) is 5.75 Å². The third kappa shape index (κ3) is 2.82. The predicted molar refractivity (Wildman–Crippen MR) is 69.5 cm³/mol. The summed E-state index contributed by atoms with van der Waals surface area (Å²) in [4.78, 5) is 1.05. The van der Waals surface area contributed by atoms with Gasteiger partial charge in [-0.25, -0.2) is 0 Å².